The summed E-state index contributed by atoms with van der Waals surface area (Å²) in [4.78, 5) is 17.9. The van der Waals surface area contributed by atoms with Crippen LogP contribution < -0.4 is 0 Å². The summed E-state index contributed by atoms with van der Waals surface area (Å²) in [6.45, 7) is 3.38. The van der Waals surface area contributed by atoms with E-state index in [0.717, 1.165) is 16.9 Å². The number of ether oxygens (including phenoxy) is 1. The predicted octanol–water partition coefficient (Wildman–Crippen LogP) is 1.17. The number of aromatic nitrogens is 2. The molecule has 1 fully saturated rings. The Balaban J connectivity index is 1.78. The van der Waals surface area contributed by atoms with Crippen LogP contribution in [0.25, 0.3) is 5.65 Å². The maximum Gasteiger partial charge on any atom is 0.310 e. The molecule has 2 atom stereocenters. The standard InChI is InChI=1S/C15H19N3O3/c1-10-4-3-5-18-7-11(16-14(10)18)6-17(2)13-9-21-8-12(13)15(19)20/h3-5,7,12-13H,6,8-9H2,1-2H3,(H,19,20). The van der Waals surface area contributed by atoms with Crippen molar-refractivity contribution in [2.75, 3.05) is 20.3 Å². The molecule has 2 aromatic heterocycles. The Hall–Kier alpha value is -1.92. The largest absolute Gasteiger partial charge is 0.481 e. The molecule has 0 spiro atoms. The number of carbonyl (C=O) groups is 1. The molecule has 3 heterocycles. The summed E-state index contributed by atoms with van der Waals surface area (Å²) in [5.41, 5.74) is 3.00. The zero-order chi connectivity index (χ0) is 15.0. The average molecular weight is 289 g/mol. The average Bonchev–Trinajstić information content (AvgIpc) is 3.04. The highest BCUT2D eigenvalue weighted by atomic mass is 16.5. The van der Waals surface area contributed by atoms with E-state index in [0.29, 0.717) is 13.2 Å². The first-order valence-electron chi connectivity index (χ1n) is 7.00. The van der Waals surface area contributed by atoms with Crippen LogP contribution in [-0.4, -0.2) is 51.7 Å². The van der Waals surface area contributed by atoms with Crippen LogP contribution in [0, 0.1) is 12.8 Å². The van der Waals surface area contributed by atoms with Crippen molar-refractivity contribution in [1.29, 1.82) is 0 Å². The molecule has 0 bridgehead atoms. The summed E-state index contributed by atoms with van der Waals surface area (Å²) in [6, 6.07) is 3.91. The number of carboxylic acids is 1. The Labute approximate surface area is 123 Å². The van der Waals surface area contributed by atoms with Gasteiger partial charge in [0.15, 0.2) is 0 Å². The first-order valence-corrected chi connectivity index (χ1v) is 7.00. The number of aliphatic carboxylic acids is 1. The van der Waals surface area contributed by atoms with Gasteiger partial charge in [-0.15, -0.1) is 0 Å². The molecule has 21 heavy (non-hydrogen) atoms. The van der Waals surface area contributed by atoms with E-state index in [1.165, 1.54) is 0 Å². The number of rotatable bonds is 4. The fourth-order valence-corrected chi connectivity index (χ4v) is 2.87. The van der Waals surface area contributed by atoms with Crippen LogP contribution in [0.1, 0.15) is 11.3 Å². The Morgan fingerprint density at radius 3 is 3.10 bits per heavy atom. The molecule has 0 radical (unpaired) electrons. The minimum absolute atomic E-state index is 0.103. The molecule has 3 rings (SSSR count). The van der Waals surface area contributed by atoms with Gasteiger partial charge in [0.25, 0.3) is 0 Å². The van der Waals surface area contributed by atoms with Gasteiger partial charge in [0.05, 0.1) is 24.8 Å². The van der Waals surface area contributed by atoms with E-state index in [1.54, 1.807) is 0 Å². The number of hydrogen-bond acceptors (Lipinski definition) is 4. The number of aryl methyl sites for hydroxylation is 1. The highest BCUT2D eigenvalue weighted by Gasteiger charge is 2.36. The zero-order valence-corrected chi connectivity index (χ0v) is 12.2. The third-order valence-electron chi connectivity index (χ3n) is 4.07. The summed E-state index contributed by atoms with van der Waals surface area (Å²) >= 11 is 0. The summed E-state index contributed by atoms with van der Waals surface area (Å²) in [5, 5.41) is 9.22. The van der Waals surface area contributed by atoms with Gasteiger partial charge in [-0.05, 0) is 25.6 Å². The number of hydrogen-bond donors (Lipinski definition) is 1. The van der Waals surface area contributed by atoms with E-state index in [4.69, 9.17) is 4.74 Å². The van der Waals surface area contributed by atoms with Gasteiger partial charge in [-0.2, -0.15) is 0 Å². The van der Waals surface area contributed by atoms with Crippen molar-refractivity contribution in [1.82, 2.24) is 14.3 Å². The molecule has 6 nitrogen and oxygen atoms in total. The van der Waals surface area contributed by atoms with Crippen LogP contribution in [0.5, 0.6) is 0 Å². The first kappa shape index (κ1) is 14.0. The van der Waals surface area contributed by atoms with Crippen LogP contribution in [0.3, 0.4) is 0 Å². The maximum absolute atomic E-state index is 11.2. The Morgan fingerprint density at radius 1 is 1.57 bits per heavy atom. The second kappa shape index (κ2) is 5.46. The lowest BCUT2D eigenvalue weighted by Crippen LogP contribution is -2.40. The molecule has 1 N–H and O–H groups in total. The van der Waals surface area contributed by atoms with E-state index in [2.05, 4.69) is 4.98 Å². The van der Waals surface area contributed by atoms with Gasteiger partial charge < -0.3 is 14.2 Å². The summed E-state index contributed by atoms with van der Waals surface area (Å²) in [7, 11) is 1.92. The zero-order valence-electron chi connectivity index (χ0n) is 12.2. The molecule has 0 aliphatic carbocycles. The molecular formula is C15H19N3O3. The van der Waals surface area contributed by atoms with Crippen molar-refractivity contribution in [2.24, 2.45) is 5.92 Å². The van der Waals surface area contributed by atoms with Crippen molar-refractivity contribution >= 4 is 11.6 Å². The second-order valence-corrected chi connectivity index (χ2v) is 5.62. The number of pyridine rings is 1. The molecular weight excluding hydrogens is 270 g/mol. The molecule has 1 saturated heterocycles. The van der Waals surface area contributed by atoms with Crippen LogP contribution >= 0.6 is 0 Å². The molecule has 112 valence electrons. The van der Waals surface area contributed by atoms with Crippen LogP contribution in [0.15, 0.2) is 24.5 Å². The fraction of sp³-hybridized carbons (Fsp3) is 0.467. The van der Waals surface area contributed by atoms with E-state index >= 15 is 0 Å². The lowest BCUT2D eigenvalue weighted by Gasteiger charge is -2.25. The highest BCUT2D eigenvalue weighted by molar-refractivity contribution is 5.71. The van der Waals surface area contributed by atoms with Gasteiger partial charge in [-0.1, -0.05) is 6.07 Å². The topological polar surface area (TPSA) is 67.1 Å². The van der Waals surface area contributed by atoms with E-state index in [-0.39, 0.29) is 12.6 Å². The molecule has 1 aliphatic heterocycles. The van der Waals surface area contributed by atoms with Crippen LogP contribution in [0.2, 0.25) is 0 Å². The van der Waals surface area contributed by atoms with Gasteiger partial charge in [0, 0.05) is 25.0 Å². The van der Waals surface area contributed by atoms with Crippen molar-refractivity contribution in [3.05, 3.63) is 35.8 Å². The van der Waals surface area contributed by atoms with Crippen LogP contribution in [0.4, 0.5) is 0 Å². The third-order valence-corrected chi connectivity index (χ3v) is 4.07. The molecule has 0 amide bonds. The van der Waals surface area contributed by atoms with Crippen molar-refractivity contribution < 1.29 is 14.6 Å². The van der Waals surface area contributed by atoms with E-state index in [9.17, 15) is 9.90 Å². The number of nitrogens with zero attached hydrogens (tertiary/aromatic N) is 3. The normalized spacial score (nSPS) is 22.2. The third kappa shape index (κ3) is 2.64. The fourth-order valence-electron chi connectivity index (χ4n) is 2.87. The number of fused-ring (bicyclic) bond motifs is 1. The summed E-state index contributed by atoms with van der Waals surface area (Å²) in [6.07, 6.45) is 3.96. The van der Waals surface area contributed by atoms with Crippen LogP contribution in [-0.2, 0) is 16.1 Å². The second-order valence-electron chi connectivity index (χ2n) is 5.62. The quantitative estimate of drug-likeness (QED) is 0.915. The molecule has 2 unspecified atom stereocenters. The lowest BCUT2D eigenvalue weighted by atomic mass is 10.0. The van der Waals surface area contributed by atoms with Gasteiger partial charge >= 0.3 is 5.97 Å². The van der Waals surface area contributed by atoms with Gasteiger partial charge in [-0.25, -0.2) is 4.98 Å². The Kier molecular flexibility index (Phi) is 3.65. The molecule has 1 aliphatic rings. The van der Waals surface area contributed by atoms with Crippen molar-refractivity contribution in [3.63, 3.8) is 0 Å². The minimum Gasteiger partial charge on any atom is -0.481 e. The Bertz CT molecular complexity index is 667. The highest BCUT2D eigenvalue weighted by Crippen LogP contribution is 2.21. The summed E-state index contributed by atoms with van der Waals surface area (Å²) < 4.78 is 7.32. The number of likely N-dealkylation sites (N-methyl/N-ethyl adjacent to an activating group) is 1. The van der Waals surface area contributed by atoms with Crippen molar-refractivity contribution in [2.45, 2.75) is 19.5 Å². The van der Waals surface area contributed by atoms with Gasteiger partial charge in [0.2, 0.25) is 0 Å². The SMILES string of the molecule is Cc1cccn2cc(CN(C)C3COCC3C(=O)O)nc12. The molecule has 0 saturated carbocycles. The predicted molar refractivity (Wildman–Crippen MR) is 77.1 cm³/mol. The number of imidazole rings is 1. The minimum atomic E-state index is -0.796. The maximum atomic E-state index is 11.2. The lowest BCUT2D eigenvalue weighted by molar-refractivity contribution is -0.143. The smallest absolute Gasteiger partial charge is 0.310 e. The van der Waals surface area contributed by atoms with Crippen molar-refractivity contribution in [3.8, 4) is 0 Å². The Morgan fingerprint density at radius 2 is 2.38 bits per heavy atom. The monoisotopic (exact) mass is 289 g/mol. The van der Waals surface area contributed by atoms with E-state index < -0.39 is 11.9 Å². The van der Waals surface area contributed by atoms with E-state index in [1.807, 2.05) is 47.8 Å². The van der Waals surface area contributed by atoms with Gasteiger partial charge in [-0.3, -0.25) is 9.69 Å². The molecule has 2 aromatic rings. The summed E-state index contributed by atoms with van der Waals surface area (Å²) in [5.74, 6) is -1.26. The number of carboxylic acid groups (broad SMARTS) is 1. The molecule has 6 heteroatoms. The van der Waals surface area contributed by atoms with Gasteiger partial charge in [0.1, 0.15) is 5.65 Å². The molecule has 0 aromatic carbocycles. The first-order chi connectivity index (χ1) is 10.1.